The summed E-state index contributed by atoms with van der Waals surface area (Å²) >= 11 is 6.77. The molecule has 0 aliphatic carbocycles. The zero-order valence-corrected chi connectivity index (χ0v) is 11.2. The van der Waals surface area contributed by atoms with Gasteiger partial charge in [0.1, 0.15) is 0 Å². The number of rotatable bonds is 2. The lowest BCUT2D eigenvalue weighted by Crippen LogP contribution is -1.89. The Bertz CT molecular complexity index is 448. The van der Waals surface area contributed by atoms with Crippen LogP contribution in [-0.4, -0.2) is 0 Å². The standard InChI is InChI=1S/C13H11IS/c14-12-7-5-10(6-8-12)9-11-3-1-2-4-13(11)15/h1-8,15H,9H2. The number of hydrogen-bond acceptors (Lipinski definition) is 1. The first-order chi connectivity index (χ1) is 7.25. The lowest BCUT2D eigenvalue weighted by Gasteiger charge is -2.04. The van der Waals surface area contributed by atoms with Crippen LogP contribution in [0, 0.1) is 3.57 Å². The average molecular weight is 326 g/mol. The molecule has 0 N–H and O–H groups in total. The summed E-state index contributed by atoms with van der Waals surface area (Å²) in [5.41, 5.74) is 2.61. The molecule has 0 aromatic heterocycles. The predicted molar refractivity (Wildman–Crippen MR) is 75.7 cm³/mol. The highest BCUT2D eigenvalue weighted by Crippen LogP contribution is 2.17. The second kappa shape index (κ2) is 5.03. The molecule has 2 heteroatoms. The van der Waals surface area contributed by atoms with Crippen LogP contribution in [0.5, 0.6) is 0 Å². The van der Waals surface area contributed by atoms with Crippen molar-refractivity contribution in [2.24, 2.45) is 0 Å². The van der Waals surface area contributed by atoms with Crippen molar-refractivity contribution in [1.29, 1.82) is 0 Å². The highest BCUT2D eigenvalue weighted by molar-refractivity contribution is 14.1. The van der Waals surface area contributed by atoms with Gasteiger partial charge in [0, 0.05) is 8.47 Å². The summed E-state index contributed by atoms with van der Waals surface area (Å²) in [5.74, 6) is 0. The van der Waals surface area contributed by atoms with E-state index in [4.69, 9.17) is 0 Å². The first kappa shape index (κ1) is 11.0. The van der Waals surface area contributed by atoms with Crippen LogP contribution in [-0.2, 0) is 6.42 Å². The number of hydrogen-bond donors (Lipinski definition) is 1. The van der Waals surface area contributed by atoms with Gasteiger partial charge in [-0.2, -0.15) is 0 Å². The van der Waals surface area contributed by atoms with E-state index in [2.05, 4.69) is 71.6 Å². The fourth-order valence-electron chi connectivity index (χ4n) is 1.48. The zero-order valence-electron chi connectivity index (χ0n) is 8.15. The summed E-state index contributed by atoms with van der Waals surface area (Å²) in [7, 11) is 0. The SMILES string of the molecule is Sc1ccccc1Cc1ccc(I)cc1. The van der Waals surface area contributed by atoms with E-state index < -0.39 is 0 Å². The van der Waals surface area contributed by atoms with Gasteiger partial charge in [-0.3, -0.25) is 0 Å². The van der Waals surface area contributed by atoms with E-state index in [0.717, 1.165) is 11.3 Å². The number of halogens is 1. The molecule has 76 valence electrons. The summed E-state index contributed by atoms with van der Waals surface area (Å²) in [6, 6.07) is 16.8. The molecule has 0 nitrogen and oxygen atoms in total. The molecule has 0 bridgehead atoms. The summed E-state index contributed by atoms with van der Waals surface area (Å²) in [6.07, 6.45) is 0.955. The third-order valence-electron chi connectivity index (χ3n) is 2.30. The fraction of sp³-hybridized carbons (Fsp3) is 0.0769. The Morgan fingerprint density at radius 1 is 0.933 bits per heavy atom. The topological polar surface area (TPSA) is 0 Å². The zero-order chi connectivity index (χ0) is 10.7. The van der Waals surface area contributed by atoms with Gasteiger partial charge in [0.25, 0.3) is 0 Å². The van der Waals surface area contributed by atoms with Crippen molar-refractivity contribution in [2.45, 2.75) is 11.3 Å². The molecule has 0 amide bonds. The molecule has 0 aliphatic heterocycles. The van der Waals surface area contributed by atoms with Crippen LogP contribution < -0.4 is 0 Å². The molecular formula is C13H11IS. The monoisotopic (exact) mass is 326 g/mol. The van der Waals surface area contributed by atoms with E-state index in [1.165, 1.54) is 14.7 Å². The highest BCUT2D eigenvalue weighted by Gasteiger charge is 1.99. The van der Waals surface area contributed by atoms with Gasteiger partial charge >= 0.3 is 0 Å². The highest BCUT2D eigenvalue weighted by atomic mass is 127. The van der Waals surface area contributed by atoms with E-state index in [1.54, 1.807) is 0 Å². The average Bonchev–Trinajstić information content (AvgIpc) is 2.25. The normalized spacial score (nSPS) is 10.3. The Labute approximate surface area is 109 Å². The second-order valence-electron chi connectivity index (χ2n) is 3.43. The minimum atomic E-state index is 0.955. The second-order valence-corrected chi connectivity index (χ2v) is 5.16. The molecule has 2 rings (SSSR count). The largest absolute Gasteiger partial charge is 0.143 e. The molecule has 0 aliphatic rings. The van der Waals surface area contributed by atoms with E-state index in [1.807, 2.05) is 12.1 Å². The lowest BCUT2D eigenvalue weighted by molar-refractivity contribution is 1.13. The maximum Gasteiger partial charge on any atom is 0.0130 e. The minimum absolute atomic E-state index is 0.955. The maximum atomic E-state index is 4.45. The molecule has 0 saturated carbocycles. The van der Waals surface area contributed by atoms with Gasteiger partial charge in [-0.15, -0.1) is 12.6 Å². The lowest BCUT2D eigenvalue weighted by atomic mass is 10.1. The smallest absolute Gasteiger partial charge is 0.0130 e. The van der Waals surface area contributed by atoms with E-state index in [9.17, 15) is 0 Å². The van der Waals surface area contributed by atoms with Gasteiger partial charge in [-0.1, -0.05) is 30.3 Å². The molecule has 2 aromatic rings. The van der Waals surface area contributed by atoms with Crippen LogP contribution in [0.15, 0.2) is 53.4 Å². The molecule has 0 spiro atoms. The summed E-state index contributed by atoms with van der Waals surface area (Å²) in [6.45, 7) is 0. The quantitative estimate of drug-likeness (QED) is 0.621. The van der Waals surface area contributed by atoms with Crippen molar-refractivity contribution < 1.29 is 0 Å². The van der Waals surface area contributed by atoms with Gasteiger partial charge in [0.2, 0.25) is 0 Å². The van der Waals surface area contributed by atoms with Gasteiger partial charge in [0.05, 0.1) is 0 Å². The van der Waals surface area contributed by atoms with Crippen LogP contribution >= 0.6 is 35.2 Å². The molecular weight excluding hydrogens is 315 g/mol. The Balaban J connectivity index is 2.22. The molecule has 0 unspecified atom stereocenters. The molecule has 15 heavy (non-hydrogen) atoms. The van der Waals surface area contributed by atoms with Crippen molar-refractivity contribution in [3.05, 3.63) is 63.2 Å². The van der Waals surface area contributed by atoms with Crippen LogP contribution in [0.4, 0.5) is 0 Å². The van der Waals surface area contributed by atoms with E-state index in [-0.39, 0.29) is 0 Å². The van der Waals surface area contributed by atoms with Crippen LogP contribution in [0.3, 0.4) is 0 Å². The van der Waals surface area contributed by atoms with Gasteiger partial charge < -0.3 is 0 Å². The Hall–Kier alpha value is -0.480. The van der Waals surface area contributed by atoms with Crippen LogP contribution in [0.1, 0.15) is 11.1 Å². The maximum absolute atomic E-state index is 4.45. The Morgan fingerprint density at radius 2 is 1.60 bits per heavy atom. The molecule has 0 radical (unpaired) electrons. The van der Waals surface area contributed by atoms with Crippen LogP contribution in [0.2, 0.25) is 0 Å². The third kappa shape index (κ3) is 2.98. The number of benzene rings is 2. The first-order valence-corrected chi connectivity index (χ1v) is 6.29. The fourth-order valence-corrected chi connectivity index (χ4v) is 2.08. The Morgan fingerprint density at radius 3 is 2.27 bits per heavy atom. The van der Waals surface area contributed by atoms with Gasteiger partial charge in [-0.25, -0.2) is 0 Å². The van der Waals surface area contributed by atoms with Gasteiger partial charge in [-0.05, 0) is 58.3 Å². The van der Waals surface area contributed by atoms with E-state index in [0.29, 0.717) is 0 Å². The minimum Gasteiger partial charge on any atom is -0.143 e. The Kier molecular flexibility index (Phi) is 3.70. The van der Waals surface area contributed by atoms with Crippen molar-refractivity contribution in [2.75, 3.05) is 0 Å². The van der Waals surface area contributed by atoms with E-state index >= 15 is 0 Å². The molecule has 2 aromatic carbocycles. The third-order valence-corrected chi connectivity index (χ3v) is 3.45. The number of thiol groups is 1. The summed E-state index contributed by atoms with van der Waals surface area (Å²) in [4.78, 5) is 1.07. The van der Waals surface area contributed by atoms with Crippen molar-refractivity contribution >= 4 is 35.2 Å². The van der Waals surface area contributed by atoms with Crippen molar-refractivity contribution in [1.82, 2.24) is 0 Å². The van der Waals surface area contributed by atoms with Gasteiger partial charge in [0.15, 0.2) is 0 Å². The van der Waals surface area contributed by atoms with Crippen LogP contribution in [0.25, 0.3) is 0 Å². The van der Waals surface area contributed by atoms with Crippen molar-refractivity contribution in [3.8, 4) is 0 Å². The summed E-state index contributed by atoms with van der Waals surface area (Å²) < 4.78 is 1.27. The molecule has 0 atom stereocenters. The first-order valence-electron chi connectivity index (χ1n) is 4.77. The van der Waals surface area contributed by atoms with Crippen molar-refractivity contribution in [3.63, 3.8) is 0 Å². The molecule has 0 fully saturated rings. The molecule has 0 saturated heterocycles. The summed E-state index contributed by atoms with van der Waals surface area (Å²) in [5, 5.41) is 0. The predicted octanol–water partition coefficient (Wildman–Crippen LogP) is 4.17. The molecule has 0 heterocycles.